The molecule has 0 radical (unpaired) electrons. The van der Waals surface area contributed by atoms with Crippen molar-refractivity contribution in [2.24, 2.45) is 50.2 Å². The molecule has 6 rings (SSSR count). The number of esters is 1. The highest BCUT2D eigenvalue weighted by Crippen LogP contribution is 2.76. The molecule has 1 aromatic carbocycles. The third-order valence-electron chi connectivity index (χ3n) is 14.6. The van der Waals surface area contributed by atoms with Crippen molar-refractivity contribution in [3.05, 3.63) is 41.5 Å². The quantitative estimate of drug-likeness (QED) is 0.112. The van der Waals surface area contributed by atoms with Gasteiger partial charge in [-0.2, -0.15) is 0 Å². The van der Waals surface area contributed by atoms with Crippen LogP contribution < -0.4 is 0 Å². The van der Waals surface area contributed by atoms with Gasteiger partial charge in [-0.25, -0.2) is 4.79 Å². The van der Waals surface area contributed by atoms with Gasteiger partial charge in [-0.3, -0.25) is 4.79 Å². The first-order valence-electron chi connectivity index (χ1n) is 17.4. The van der Waals surface area contributed by atoms with Crippen molar-refractivity contribution < 1.29 is 34.8 Å². The van der Waals surface area contributed by atoms with E-state index in [4.69, 9.17) is 4.74 Å². The number of allylic oxidation sites excluding steroid dienone is 1. The SMILES string of the molecule is CC1(C)CC[C@]2(C(=O)O)CC[C@]3(COC(=O)C=Cc4ccc(O)c(O)c4)C(=CC[C@@H]4[C@@]5(C)CC[C@H](O)C(C)(C)[C@@H]5CC[C@]43C)[C@@H]2C1. The molecule has 4 fully saturated rings. The topological polar surface area (TPSA) is 124 Å². The van der Waals surface area contributed by atoms with Gasteiger partial charge in [0.05, 0.1) is 11.5 Å². The molecule has 0 unspecified atom stereocenters. The first kappa shape index (κ1) is 33.1. The summed E-state index contributed by atoms with van der Waals surface area (Å²) < 4.78 is 6.22. The van der Waals surface area contributed by atoms with Crippen molar-refractivity contribution >= 4 is 18.0 Å². The number of phenols is 2. The number of phenolic OH excluding ortho intramolecular Hbond substituents is 2. The minimum Gasteiger partial charge on any atom is -0.504 e. The lowest BCUT2D eigenvalue weighted by Gasteiger charge is -2.71. The van der Waals surface area contributed by atoms with Crippen molar-refractivity contribution in [1.29, 1.82) is 0 Å². The van der Waals surface area contributed by atoms with Crippen LogP contribution in [0.5, 0.6) is 11.5 Å². The highest BCUT2D eigenvalue weighted by molar-refractivity contribution is 5.87. The number of carbonyl (C=O) groups is 2. The molecule has 4 N–H and O–H groups in total. The van der Waals surface area contributed by atoms with Crippen LogP contribution in [0.3, 0.4) is 0 Å². The van der Waals surface area contributed by atoms with Crippen LogP contribution in [0, 0.1) is 50.2 Å². The largest absolute Gasteiger partial charge is 0.504 e. The molecule has 5 aliphatic carbocycles. The second-order valence-electron chi connectivity index (χ2n) is 17.5. The molecule has 0 spiro atoms. The van der Waals surface area contributed by atoms with E-state index in [0.717, 1.165) is 44.9 Å². The zero-order chi connectivity index (χ0) is 33.5. The number of carboxylic acid groups (broad SMARTS) is 1. The van der Waals surface area contributed by atoms with Crippen LogP contribution in [0.1, 0.15) is 111 Å². The maximum Gasteiger partial charge on any atom is 0.330 e. The van der Waals surface area contributed by atoms with Gasteiger partial charge < -0.3 is 25.2 Å². The molecule has 0 heterocycles. The van der Waals surface area contributed by atoms with E-state index >= 15 is 0 Å². The third kappa shape index (κ3) is 4.77. The van der Waals surface area contributed by atoms with Crippen LogP contribution in [-0.2, 0) is 14.3 Å². The van der Waals surface area contributed by atoms with Crippen LogP contribution in [0.2, 0.25) is 0 Å². The average molecular weight is 635 g/mol. The molecule has 0 aromatic heterocycles. The molecular weight excluding hydrogens is 580 g/mol. The Hall–Kier alpha value is -2.80. The van der Waals surface area contributed by atoms with Crippen molar-refractivity contribution in [1.82, 2.24) is 0 Å². The second-order valence-corrected chi connectivity index (χ2v) is 17.5. The summed E-state index contributed by atoms with van der Waals surface area (Å²) in [6.45, 7) is 14.0. The summed E-state index contributed by atoms with van der Waals surface area (Å²) in [5.41, 5.74) is 0.125. The number of aliphatic carboxylic acids is 1. The van der Waals surface area contributed by atoms with Gasteiger partial charge in [-0.05, 0) is 127 Å². The Balaban J connectivity index is 1.40. The lowest BCUT2D eigenvalue weighted by Crippen LogP contribution is -2.66. The summed E-state index contributed by atoms with van der Waals surface area (Å²) in [6.07, 6.45) is 13.2. The summed E-state index contributed by atoms with van der Waals surface area (Å²) in [7, 11) is 0. The molecule has 0 amide bonds. The van der Waals surface area contributed by atoms with Gasteiger partial charge >= 0.3 is 11.9 Å². The van der Waals surface area contributed by atoms with Crippen molar-refractivity contribution in [3.63, 3.8) is 0 Å². The van der Waals surface area contributed by atoms with E-state index in [1.54, 1.807) is 12.1 Å². The lowest BCUT2D eigenvalue weighted by molar-refractivity contribution is -0.217. The second kappa shape index (κ2) is 10.9. The smallest absolute Gasteiger partial charge is 0.330 e. The molecule has 7 nitrogen and oxygen atoms in total. The van der Waals surface area contributed by atoms with Gasteiger partial charge in [0.15, 0.2) is 11.5 Å². The van der Waals surface area contributed by atoms with Crippen LogP contribution in [0.4, 0.5) is 0 Å². The number of hydrogen-bond acceptors (Lipinski definition) is 6. The summed E-state index contributed by atoms with van der Waals surface area (Å²) >= 11 is 0. The first-order chi connectivity index (χ1) is 21.4. The number of carboxylic acids is 1. The monoisotopic (exact) mass is 634 g/mol. The molecule has 1 aromatic rings. The summed E-state index contributed by atoms with van der Waals surface area (Å²) in [6, 6.07) is 4.39. The third-order valence-corrected chi connectivity index (χ3v) is 14.6. The van der Waals surface area contributed by atoms with E-state index in [0.29, 0.717) is 36.7 Å². The maximum atomic E-state index is 13.4. The molecule has 4 saturated carbocycles. The van der Waals surface area contributed by atoms with Gasteiger partial charge in [0.1, 0.15) is 6.61 Å². The van der Waals surface area contributed by atoms with Crippen LogP contribution >= 0.6 is 0 Å². The predicted octanol–water partition coefficient (Wildman–Crippen LogP) is 7.88. The highest BCUT2D eigenvalue weighted by Gasteiger charge is 2.70. The van der Waals surface area contributed by atoms with E-state index in [-0.39, 0.29) is 51.8 Å². The van der Waals surface area contributed by atoms with Crippen LogP contribution in [0.25, 0.3) is 6.08 Å². The molecule has 0 saturated heterocycles. The van der Waals surface area contributed by atoms with Crippen molar-refractivity contribution in [2.75, 3.05) is 6.61 Å². The van der Waals surface area contributed by atoms with Gasteiger partial charge in [0, 0.05) is 11.5 Å². The maximum absolute atomic E-state index is 13.4. The Morgan fingerprint density at radius 3 is 2.33 bits per heavy atom. The van der Waals surface area contributed by atoms with Crippen LogP contribution in [0.15, 0.2) is 35.9 Å². The number of rotatable bonds is 5. The Kier molecular flexibility index (Phi) is 7.82. The summed E-state index contributed by atoms with van der Waals surface area (Å²) in [5.74, 6) is -1.07. The van der Waals surface area contributed by atoms with E-state index in [2.05, 4.69) is 47.6 Å². The van der Waals surface area contributed by atoms with Gasteiger partial charge in [-0.1, -0.05) is 59.3 Å². The van der Waals surface area contributed by atoms with E-state index in [9.17, 15) is 30.0 Å². The number of aliphatic hydroxyl groups is 1. The number of carbonyl (C=O) groups excluding carboxylic acids is 1. The molecule has 0 bridgehead atoms. The molecule has 8 atom stereocenters. The molecular formula is C39H54O7. The minimum atomic E-state index is -0.795. The fourth-order valence-electron chi connectivity index (χ4n) is 11.8. The Morgan fingerprint density at radius 1 is 0.913 bits per heavy atom. The van der Waals surface area contributed by atoms with Crippen LogP contribution in [-0.4, -0.2) is 45.1 Å². The number of aliphatic hydroxyl groups excluding tert-OH is 1. The van der Waals surface area contributed by atoms with Gasteiger partial charge in [-0.15, -0.1) is 0 Å². The summed E-state index contributed by atoms with van der Waals surface area (Å²) in [4.78, 5) is 26.5. The van der Waals surface area contributed by atoms with Crippen molar-refractivity contribution in [3.8, 4) is 11.5 Å². The molecule has 46 heavy (non-hydrogen) atoms. The molecule has 5 aliphatic rings. The zero-order valence-corrected chi connectivity index (χ0v) is 28.6. The van der Waals surface area contributed by atoms with E-state index in [1.165, 1.54) is 23.8 Å². The van der Waals surface area contributed by atoms with Gasteiger partial charge in [0.2, 0.25) is 0 Å². The zero-order valence-electron chi connectivity index (χ0n) is 28.6. The first-order valence-corrected chi connectivity index (χ1v) is 17.4. The Morgan fingerprint density at radius 2 is 1.63 bits per heavy atom. The molecule has 0 aliphatic heterocycles. The number of benzene rings is 1. The van der Waals surface area contributed by atoms with Crippen molar-refractivity contribution in [2.45, 2.75) is 112 Å². The predicted molar refractivity (Wildman–Crippen MR) is 177 cm³/mol. The number of aromatic hydroxyl groups is 2. The molecule has 7 heteroatoms. The number of hydrogen-bond donors (Lipinski definition) is 4. The normalized spacial score (nSPS) is 40.9. The van der Waals surface area contributed by atoms with Gasteiger partial charge in [0.25, 0.3) is 0 Å². The lowest BCUT2D eigenvalue weighted by atomic mass is 9.33. The fourth-order valence-corrected chi connectivity index (χ4v) is 11.8. The highest BCUT2D eigenvalue weighted by atomic mass is 16.5. The number of ether oxygens (including phenoxy) is 1. The Bertz CT molecular complexity index is 1470. The molecule has 252 valence electrons. The Labute approximate surface area is 274 Å². The van der Waals surface area contributed by atoms with E-state index < -0.39 is 22.8 Å². The standard InChI is InChI=1S/C39H54O7/c1-34(2)17-18-38(33(44)45)19-20-39(23-46-32(43)12-8-24-7-10-27(40)28(41)21-24)25(26(38)22-34)9-11-30-36(5)15-14-31(42)35(3,4)29(36)13-16-37(30,39)6/h7-10,12,21,26,29-31,40-42H,11,13-20,22-23H2,1-6H3,(H,44,45)/t26-,29-,30+,31-,36-,37+,38-,39-/m0/s1. The van der Waals surface area contributed by atoms with E-state index in [1.807, 2.05) is 0 Å². The fraction of sp³-hybridized carbons (Fsp3) is 0.692. The minimum absolute atomic E-state index is 0.00269. The average Bonchev–Trinajstić information content (AvgIpc) is 2.98. The number of fused-ring (bicyclic) bond motifs is 7. The summed E-state index contributed by atoms with van der Waals surface area (Å²) in [5, 5.41) is 41.4.